The summed E-state index contributed by atoms with van der Waals surface area (Å²) in [5, 5.41) is 15.5. The van der Waals surface area contributed by atoms with Gasteiger partial charge in [0.1, 0.15) is 50.2 Å². The van der Waals surface area contributed by atoms with Crippen LogP contribution >= 0.6 is 15.6 Å². The predicted octanol–water partition coefficient (Wildman–Crippen LogP) is 11.1. The first-order valence-corrected chi connectivity index (χ1v) is 22.2. The normalized spacial score (nSPS) is 16.3. The van der Waals surface area contributed by atoms with E-state index in [1.54, 1.807) is 0 Å². The van der Waals surface area contributed by atoms with E-state index in [1.807, 2.05) is 0 Å². The van der Waals surface area contributed by atoms with Crippen molar-refractivity contribution in [3.05, 3.63) is 131 Å². The molecule has 12 bridgehead atoms. The third-order valence-corrected chi connectivity index (χ3v) is 8.61. The van der Waals surface area contributed by atoms with Crippen molar-refractivity contribution in [1.82, 2.24) is 39.5 Å². The van der Waals surface area contributed by atoms with Gasteiger partial charge in [-0.1, -0.05) is 77.9 Å². The van der Waals surface area contributed by atoms with E-state index in [4.69, 9.17) is 9.97 Å². The molecule has 332 valence electrons. The van der Waals surface area contributed by atoms with Gasteiger partial charge in [0, 0.05) is 12.8 Å². The van der Waals surface area contributed by atoms with Gasteiger partial charge < -0.3 is 0 Å². The first kappa shape index (κ1) is 46.2. The van der Waals surface area contributed by atoms with E-state index >= 15 is 0 Å². The molecule has 2 N–H and O–H groups in total. The van der Waals surface area contributed by atoms with Gasteiger partial charge in [-0.2, -0.15) is 10.2 Å². The SMILES string of the molecule is CC(C)(C)c1cc2cc(c1)C[n+]1ccn(c1)Cc1nc(n[nH]1)Cn1cc[n+](c1)Cc1cc(cc(C(C)(C)C)c1)Cc1nc(n[nH]1)C2.F[P-](F)(F)(F)(F)F.F[P-](F)(F)(F)(F)F. The van der Waals surface area contributed by atoms with Crippen LogP contribution in [0.3, 0.4) is 0 Å². The molecule has 0 unspecified atom stereocenters. The number of benzene rings is 2. The van der Waals surface area contributed by atoms with Crippen LogP contribution in [0, 0.1) is 0 Å². The van der Waals surface area contributed by atoms with Gasteiger partial charge in [-0.25, -0.2) is 28.2 Å². The Morgan fingerprint density at radius 3 is 1.37 bits per heavy atom. The summed E-state index contributed by atoms with van der Waals surface area (Å²) in [6.07, 6.45) is 14.0. The number of hydrogen-bond acceptors (Lipinski definition) is 4. The molecule has 6 aromatic rings. The van der Waals surface area contributed by atoms with Gasteiger partial charge in [-0.05, 0) is 44.2 Å². The number of H-pyrrole nitrogens is 2. The van der Waals surface area contributed by atoms with Gasteiger partial charge in [0.15, 0.2) is 24.0 Å². The monoisotopic (exact) mass is 906 g/mol. The van der Waals surface area contributed by atoms with Gasteiger partial charge in [-0.15, -0.1) is 0 Å². The fourth-order valence-corrected chi connectivity index (χ4v) is 6.13. The van der Waals surface area contributed by atoms with Gasteiger partial charge in [0.05, 0.1) is 0 Å². The van der Waals surface area contributed by atoms with Gasteiger partial charge in [0.25, 0.3) is 0 Å². The molecule has 0 spiro atoms. The standard InChI is InChI=1S/C36H44N10.2F6P/c1-35(2,3)29-13-25-11-27(15-29)19-43-7-9-45(23-43)21-33-38-34(42-41-33)22-46-10-8-44(24-46)20-28-12-26(14-30(16-28)36(4,5)6)18-32-37-31(17-25)39-40-32;2*1-7(2,3,4,5)6/h7-16,23-24H,17-22H2,1-6H3,(H,37,39,40)(H,38,41,42);;/q+2;2*-1. The molecular weight excluding hydrogens is 862 g/mol. The van der Waals surface area contributed by atoms with E-state index in [1.165, 1.54) is 33.4 Å². The van der Waals surface area contributed by atoms with Crippen LogP contribution in [0.2, 0.25) is 0 Å². The van der Waals surface area contributed by atoms with E-state index in [2.05, 4.69) is 154 Å². The van der Waals surface area contributed by atoms with Crippen LogP contribution in [-0.2, 0) is 49.9 Å². The topological polar surface area (TPSA) is 101 Å². The molecule has 1 aliphatic heterocycles. The third-order valence-electron chi connectivity index (χ3n) is 8.61. The number of aromatic amines is 2. The predicted molar refractivity (Wildman–Crippen MR) is 201 cm³/mol. The number of nitrogens with zero attached hydrogens (tertiary/aromatic N) is 8. The summed E-state index contributed by atoms with van der Waals surface area (Å²) in [5.74, 6) is 3.30. The van der Waals surface area contributed by atoms with E-state index < -0.39 is 15.6 Å². The molecule has 1 aliphatic rings. The first-order valence-electron chi connectivity index (χ1n) is 18.1. The molecular formula is C36H44F12N10P2. The van der Waals surface area contributed by atoms with Gasteiger partial charge in [0.2, 0.25) is 12.7 Å². The van der Waals surface area contributed by atoms with Crippen molar-refractivity contribution in [2.24, 2.45) is 0 Å². The van der Waals surface area contributed by atoms with Crippen LogP contribution in [0.5, 0.6) is 0 Å². The van der Waals surface area contributed by atoms with E-state index in [0.29, 0.717) is 25.9 Å². The second kappa shape index (κ2) is 14.4. The van der Waals surface area contributed by atoms with Crippen molar-refractivity contribution in [3.63, 3.8) is 0 Å². The quantitative estimate of drug-likeness (QED) is 0.0899. The minimum atomic E-state index is -10.7. The van der Waals surface area contributed by atoms with Crippen molar-refractivity contribution in [2.75, 3.05) is 0 Å². The summed E-state index contributed by atoms with van der Waals surface area (Å²) < 4.78 is 127. The second-order valence-corrected chi connectivity index (χ2v) is 20.6. The van der Waals surface area contributed by atoms with Crippen LogP contribution in [0.4, 0.5) is 50.4 Å². The zero-order chi connectivity index (χ0) is 44.9. The van der Waals surface area contributed by atoms with Crippen LogP contribution in [-0.4, -0.2) is 39.5 Å². The van der Waals surface area contributed by atoms with Crippen molar-refractivity contribution in [3.8, 4) is 0 Å². The summed E-state index contributed by atoms with van der Waals surface area (Å²) in [4.78, 5) is 9.76. The van der Waals surface area contributed by atoms with Crippen LogP contribution in [0.1, 0.15) is 98.2 Å². The molecule has 0 atom stereocenters. The number of hydrogen-bond donors (Lipinski definition) is 2. The van der Waals surface area contributed by atoms with Crippen molar-refractivity contribution in [2.45, 2.75) is 91.4 Å². The number of fused-ring (bicyclic) bond motifs is 12. The molecule has 24 heteroatoms. The summed E-state index contributed by atoms with van der Waals surface area (Å²) >= 11 is 0. The fourth-order valence-electron chi connectivity index (χ4n) is 6.13. The molecule has 4 aromatic heterocycles. The molecule has 0 saturated heterocycles. The molecule has 0 fully saturated rings. The van der Waals surface area contributed by atoms with E-state index in [9.17, 15) is 50.4 Å². The molecule has 0 radical (unpaired) electrons. The van der Waals surface area contributed by atoms with Gasteiger partial charge >= 0.3 is 66.0 Å². The van der Waals surface area contributed by atoms with Gasteiger partial charge in [-0.3, -0.25) is 10.2 Å². The van der Waals surface area contributed by atoms with Crippen molar-refractivity contribution < 1.29 is 59.5 Å². The molecule has 0 amide bonds. The number of rotatable bonds is 0. The number of aromatic nitrogens is 10. The fraction of sp³-hybridized carbons (Fsp3) is 0.389. The Labute approximate surface area is 336 Å². The summed E-state index contributed by atoms with van der Waals surface area (Å²) in [7, 11) is -21.3. The Morgan fingerprint density at radius 2 is 0.900 bits per heavy atom. The van der Waals surface area contributed by atoms with Crippen LogP contribution in [0.25, 0.3) is 0 Å². The Morgan fingerprint density at radius 1 is 0.517 bits per heavy atom. The van der Waals surface area contributed by atoms with Crippen molar-refractivity contribution >= 4 is 15.6 Å². The van der Waals surface area contributed by atoms with Crippen LogP contribution in [0.15, 0.2) is 73.8 Å². The summed E-state index contributed by atoms with van der Waals surface area (Å²) in [6.45, 7) is 16.4. The Balaban J connectivity index is 0.000000420. The van der Waals surface area contributed by atoms with E-state index in [-0.39, 0.29) is 10.8 Å². The average Bonchev–Trinajstić information content (AvgIpc) is 3.84. The molecule has 0 saturated carbocycles. The zero-order valence-electron chi connectivity index (χ0n) is 33.2. The molecule has 5 heterocycles. The Bertz CT molecular complexity index is 2280. The first-order chi connectivity index (χ1) is 26.8. The Hall–Kier alpha value is -4.84. The number of halogens is 12. The number of imidazole rings is 2. The molecule has 0 aliphatic carbocycles. The van der Waals surface area contributed by atoms with E-state index in [0.717, 1.165) is 36.4 Å². The minimum absolute atomic E-state index is 0.0216. The summed E-state index contributed by atoms with van der Waals surface area (Å²) in [6, 6.07) is 13.9. The van der Waals surface area contributed by atoms with Crippen molar-refractivity contribution in [1.29, 1.82) is 0 Å². The zero-order valence-corrected chi connectivity index (χ0v) is 35.0. The molecule has 2 aromatic carbocycles. The Kier molecular flexibility index (Phi) is 11.1. The van der Waals surface area contributed by atoms with Crippen LogP contribution < -0.4 is 9.13 Å². The molecule has 10 nitrogen and oxygen atoms in total. The second-order valence-electron chi connectivity index (χ2n) is 16.8. The molecule has 7 rings (SSSR count). The third kappa shape index (κ3) is 17.4. The maximum atomic E-state index is 9.87. The summed E-state index contributed by atoms with van der Waals surface area (Å²) in [5.41, 5.74) is 7.64. The number of nitrogens with one attached hydrogen (secondary N) is 2. The average molecular weight is 907 g/mol. The molecule has 60 heavy (non-hydrogen) atoms. The maximum absolute atomic E-state index is 10.7.